The number of rotatable bonds is 4. The zero-order chi connectivity index (χ0) is 12.3. The molecule has 1 aromatic rings. The predicted octanol–water partition coefficient (Wildman–Crippen LogP) is 1.22. The number of nitriles is 2. The second-order valence-electron chi connectivity index (χ2n) is 4.12. The van der Waals surface area contributed by atoms with Crippen molar-refractivity contribution in [1.29, 1.82) is 10.5 Å². The third-order valence-electron chi connectivity index (χ3n) is 2.98. The molecule has 0 aliphatic heterocycles. The van der Waals surface area contributed by atoms with Gasteiger partial charge in [0.25, 0.3) is 0 Å². The van der Waals surface area contributed by atoms with Crippen LogP contribution in [0.3, 0.4) is 0 Å². The molecule has 1 aliphatic carbocycles. The SMILES string of the molecule is N#CCCn1nc(NC2CCC2)c(C#N)c1N. The van der Waals surface area contributed by atoms with Crippen molar-refractivity contribution in [1.82, 2.24) is 9.78 Å². The first kappa shape index (κ1) is 11.3. The van der Waals surface area contributed by atoms with E-state index < -0.39 is 0 Å². The molecule has 1 aliphatic rings. The van der Waals surface area contributed by atoms with Crippen molar-refractivity contribution in [3.63, 3.8) is 0 Å². The van der Waals surface area contributed by atoms with Crippen molar-refractivity contribution in [2.75, 3.05) is 11.1 Å². The van der Waals surface area contributed by atoms with Crippen LogP contribution >= 0.6 is 0 Å². The molecule has 3 N–H and O–H groups in total. The van der Waals surface area contributed by atoms with Gasteiger partial charge in [0.05, 0.1) is 19.0 Å². The minimum absolute atomic E-state index is 0.333. The summed E-state index contributed by atoms with van der Waals surface area (Å²) < 4.78 is 1.52. The van der Waals surface area contributed by atoms with Crippen LogP contribution in [0.25, 0.3) is 0 Å². The van der Waals surface area contributed by atoms with E-state index in [-0.39, 0.29) is 0 Å². The third-order valence-corrected chi connectivity index (χ3v) is 2.98. The molecule has 0 bridgehead atoms. The summed E-state index contributed by atoms with van der Waals surface area (Å²) in [6.45, 7) is 0.420. The molecule has 0 radical (unpaired) electrons. The quantitative estimate of drug-likeness (QED) is 0.809. The van der Waals surface area contributed by atoms with Gasteiger partial charge in [0.15, 0.2) is 5.82 Å². The highest BCUT2D eigenvalue weighted by Gasteiger charge is 2.22. The molecule has 1 aromatic heterocycles. The summed E-state index contributed by atoms with van der Waals surface area (Å²) in [5.41, 5.74) is 6.20. The van der Waals surface area contributed by atoms with Gasteiger partial charge >= 0.3 is 0 Å². The molecule has 2 rings (SSSR count). The van der Waals surface area contributed by atoms with E-state index in [9.17, 15) is 0 Å². The first-order chi connectivity index (χ1) is 8.26. The second kappa shape index (κ2) is 4.75. The summed E-state index contributed by atoms with van der Waals surface area (Å²) in [5.74, 6) is 0.886. The summed E-state index contributed by atoms with van der Waals surface area (Å²) in [7, 11) is 0. The van der Waals surface area contributed by atoms with Gasteiger partial charge in [-0.25, -0.2) is 4.68 Å². The Morgan fingerprint density at radius 3 is 2.76 bits per heavy atom. The predicted molar refractivity (Wildman–Crippen MR) is 62.8 cm³/mol. The topological polar surface area (TPSA) is 103 Å². The Morgan fingerprint density at radius 2 is 2.24 bits per heavy atom. The van der Waals surface area contributed by atoms with E-state index >= 15 is 0 Å². The van der Waals surface area contributed by atoms with Crippen molar-refractivity contribution in [2.45, 2.75) is 38.3 Å². The number of nitrogens with two attached hydrogens (primary N) is 1. The molecule has 1 saturated carbocycles. The summed E-state index contributed by atoms with van der Waals surface area (Å²) in [6, 6.07) is 4.50. The average Bonchev–Trinajstić information content (AvgIpc) is 2.57. The Hall–Kier alpha value is -2.21. The molecule has 0 aromatic carbocycles. The Labute approximate surface area is 99.6 Å². The molecule has 0 saturated heterocycles. The number of hydrogen-bond acceptors (Lipinski definition) is 5. The van der Waals surface area contributed by atoms with Crippen LogP contribution < -0.4 is 11.1 Å². The fourth-order valence-corrected chi connectivity index (χ4v) is 1.76. The van der Waals surface area contributed by atoms with E-state index in [1.807, 2.05) is 6.07 Å². The largest absolute Gasteiger partial charge is 0.383 e. The van der Waals surface area contributed by atoms with Gasteiger partial charge < -0.3 is 11.1 Å². The van der Waals surface area contributed by atoms with Crippen molar-refractivity contribution in [3.05, 3.63) is 5.56 Å². The highest BCUT2D eigenvalue weighted by molar-refractivity contribution is 5.64. The molecule has 6 heteroatoms. The Morgan fingerprint density at radius 1 is 1.47 bits per heavy atom. The molecule has 88 valence electrons. The molecule has 0 atom stereocenters. The molecule has 6 nitrogen and oxygen atoms in total. The Bertz CT molecular complexity index is 485. The highest BCUT2D eigenvalue weighted by Crippen LogP contribution is 2.27. The number of aryl methyl sites for hydroxylation is 1. The van der Waals surface area contributed by atoms with E-state index in [1.54, 1.807) is 0 Å². The van der Waals surface area contributed by atoms with Crippen LogP contribution in [0.15, 0.2) is 0 Å². The van der Waals surface area contributed by atoms with Gasteiger partial charge in [0.1, 0.15) is 17.5 Å². The first-order valence-corrected chi connectivity index (χ1v) is 5.66. The molecule has 0 unspecified atom stereocenters. The van der Waals surface area contributed by atoms with Crippen molar-refractivity contribution in [3.8, 4) is 12.1 Å². The third kappa shape index (κ3) is 2.16. The van der Waals surface area contributed by atoms with E-state index in [2.05, 4.69) is 16.5 Å². The zero-order valence-corrected chi connectivity index (χ0v) is 9.48. The summed E-state index contributed by atoms with van der Waals surface area (Å²) in [4.78, 5) is 0. The highest BCUT2D eigenvalue weighted by atomic mass is 15.3. The minimum Gasteiger partial charge on any atom is -0.383 e. The second-order valence-corrected chi connectivity index (χ2v) is 4.12. The zero-order valence-electron chi connectivity index (χ0n) is 9.48. The van der Waals surface area contributed by atoms with Crippen molar-refractivity contribution < 1.29 is 0 Å². The molecule has 1 fully saturated rings. The van der Waals surface area contributed by atoms with E-state index in [4.69, 9.17) is 16.3 Å². The summed E-state index contributed by atoms with van der Waals surface area (Å²) in [6.07, 6.45) is 3.76. The normalized spacial score (nSPS) is 14.7. The average molecular weight is 230 g/mol. The lowest BCUT2D eigenvalue weighted by Gasteiger charge is -2.26. The maximum atomic E-state index is 9.05. The van der Waals surface area contributed by atoms with Gasteiger partial charge in [-0.2, -0.15) is 15.6 Å². The molecule has 17 heavy (non-hydrogen) atoms. The monoisotopic (exact) mass is 230 g/mol. The molecule has 0 spiro atoms. The van der Waals surface area contributed by atoms with Gasteiger partial charge in [-0.15, -0.1) is 0 Å². The van der Waals surface area contributed by atoms with Crippen molar-refractivity contribution >= 4 is 11.6 Å². The number of nitrogens with one attached hydrogen (secondary N) is 1. The number of hydrogen-bond donors (Lipinski definition) is 2. The first-order valence-electron chi connectivity index (χ1n) is 5.66. The van der Waals surface area contributed by atoms with Crippen LogP contribution in [0.4, 0.5) is 11.6 Å². The lowest BCUT2D eigenvalue weighted by Crippen LogP contribution is -2.27. The van der Waals surface area contributed by atoms with Crippen LogP contribution in [-0.2, 0) is 6.54 Å². The Kier molecular flexibility index (Phi) is 3.15. The smallest absolute Gasteiger partial charge is 0.168 e. The van der Waals surface area contributed by atoms with Gasteiger partial charge in [0, 0.05) is 6.04 Å². The van der Waals surface area contributed by atoms with Crippen LogP contribution in [-0.4, -0.2) is 15.8 Å². The fraction of sp³-hybridized carbons (Fsp3) is 0.545. The standard InChI is InChI=1S/C11H14N6/c12-5-2-6-17-10(14)9(7-13)11(16-17)15-8-3-1-4-8/h8H,1-4,6,14H2,(H,15,16). The van der Waals surface area contributed by atoms with E-state index in [0.29, 0.717) is 36.2 Å². The van der Waals surface area contributed by atoms with E-state index in [0.717, 1.165) is 12.8 Å². The summed E-state index contributed by atoms with van der Waals surface area (Å²) >= 11 is 0. The molecular formula is C11H14N6. The van der Waals surface area contributed by atoms with Crippen LogP contribution in [0.5, 0.6) is 0 Å². The van der Waals surface area contributed by atoms with Gasteiger partial charge in [-0.1, -0.05) is 0 Å². The lowest BCUT2D eigenvalue weighted by atomic mass is 9.93. The van der Waals surface area contributed by atoms with Gasteiger partial charge in [-0.3, -0.25) is 0 Å². The van der Waals surface area contributed by atoms with Gasteiger partial charge in [0.2, 0.25) is 0 Å². The van der Waals surface area contributed by atoms with E-state index in [1.165, 1.54) is 11.1 Å². The number of nitrogens with zero attached hydrogens (tertiary/aromatic N) is 4. The molecule has 1 heterocycles. The van der Waals surface area contributed by atoms with Crippen LogP contribution in [0, 0.1) is 22.7 Å². The number of aromatic nitrogens is 2. The minimum atomic E-state index is 0.333. The molecule has 0 amide bonds. The number of anilines is 2. The fourth-order valence-electron chi connectivity index (χ4n) is 1.76. The van der Waals surface area contributed by atoms with Gasteiger partial charge in [-0.05, 0) is 19.3 Å². The molecular weight excluding hydrogens is 216 g/mol. The van der Waals surface area contributed by atoms with Crippen LogP contribution in [0.2, 0.25) is 0 Å². The maximum absolute atomic E-state index is 9.05. The lowest BCUT2D eigenvalue weighted by molar-refractivity contribution is 0.443. The summed E-state index contributed by atoms with van der Waals surface area (Å²) in [5, 5.41) is 25.1. The van der Waals surface area contributed by atoms with Crippen molar-refractivity contribution in [2.24, 2.45) is 0 Å². The number of nitrogen functional groups attached to an aromatic ring is 1. The maximum Gasteiger partial charge on any atom is 0.168 e. The van der Waals surface area contributed by atoms with Crippen LogP contribution in [0.1, 0.15) is 31.2 Å². The Balaban J connectivity index is 2.19.